The molecule has 0 radical (unpaired) electrons. The van der Waals surface area contributed by atoms with Gasteiger partial charge in [-0.2, -0.15) is 0 Å². The lowest BCUT2D eigenvalue weighted by Gasteiger charge is -2.06. The molecule has 0 spiro atoms. The third kappa shape index (κ3) is 4.71. The molecular formula is C11H12Br2INO. The molecular weight excluding hydrogens is 449 g/mol. The first-order valence-corrected chi connectivity index (χ1v) is 7.93. The Hall–Kier alpha value is 0.380. The van der Waals surface area contributed by atoms with E-state index in [1.165, 1.54) is 0 Å². The van der Waals surface area contributed by atoms with Crippen LogP contribution in [0.3, 0.4) is 0 Å². The van der Waals surface area contributed by atoms with Gasteiger partial charge in [-0.25, -0.2) is 0 Å². The Bertz CT molecular complexity index is 371. The lowest BCUT2D eigenvalue weighted by atomic mass is 10.2. The van der Waals surface area contributed by atoms with Crippen molar-refractivity contribution >= 4 is 60.4 Å². The molecule has 1 amide bonds. The van der Waals surface area contributed by atoms with E-state index in [9.17, 15) is 4.79 Å². The lowest BCUT2D eigenvalue weighted by Crippen LogP contribution is -2.24. The minimum Gasteiger partial charge on any atom is -0.352 e. The summed E-state index contributed by atoms with van der Waals surface area (Å²) in [4.78, 5) is 11.8. The number of nitrogens with one attached hydrogen (secondary N) is 1. The van der Waals surface area contributed by atoms with Crippen LogP contribution in [0.1, 0.15) is 23.2 Å². The quantitative estimate of drug-likeness (QED) is 0.402. The van der Waals surface area contributed by atoms with Crippen LogP contribution >= 0.6 is 54.5 Å². The van der Waals surface area contributed by atoms with Crippen molar-refractivity contribution in [2.24, 2.45) is 0 Å². The molecule has 88 valence electrons. The zero-order valence-corrected chi connectivity index (χ0v) is 13.9. The summed E-state index contributed by atoms with van der Waals surface area (Å²) in [5.41, 5.74) is 0.700. The largest absolute Gasteiger partial charge is 0.352 e. The second-order valence-electron chi connectivity index (χ2n) is 3.28. The van der Waals surface area contributed by atoms with Crippen LogP contribution in [0.25, 0.3) is 0 Å². The molecule has 0 aliphatic carbocycles. The Labute approximate surface area is 126 Å². The number of benzene rings is 1. The summed E-state index contributed by atoms with van der Waals surface area (Å²) < 4.78 is 1.90. The number of carbonyl (C=O) groups excluding carboxylic acids is 1. The molecule has 1 N–H and O–H groups in total. The van der Waals surface area contributed by atoms with Crippen LogP contribution in [-0.4, -0.2) is 17.8 Å². The first kappa shape index (κ1) is 14.4. The van der Waals surface area contributed by atoms with Crippen molar-refractivity contribution in [3.05, 3.63) is 31.8 Å². The van der Waals surface area contributed by atoms with E-state index in [4.69, 9.17) is 0 Å². The Balaban J connectivity index is 2.55. The van der Waals surface area contributed by atoms with Crippen molar-refractivity contribution in [2.75, 3.05) is 11.9 Å². The molecule has 0 unspecified atom stereocenters. The minimum atomic E-state index is -0.0139. The highest BCUT2D eigenvalue weighted by Gasteiger charge is 2.09. The van der Waals surface area contributed by atoms with Crippen LogP contribution in [0.2, 0.25) is 0 Å². The molecule has 1 aromatic rings. The lowest BCUT2D eigenvalue weighted by molar-refractivity contribution is 0.0952. The second-order valence-corrected chi connectivity index (χ2v) is 6.17. The number of hydrogen-bond acceptors (Lipinski definition) is 1. The van der Waals surface area contributed by atoms with Crippen LogP contribution in [0.15, 0.2) is 22.7 Å². The van der Waals surface area contributed by atoms with Gasteiger partial charge in [-0.3, -0.25) is 4.79 Å². The number of rotatable bonds is 5. The van der Waals surface area contributed by atoms with Crippen molar-refractivity contribution in [2.45, 2.75) is 12.8 Å². The van der Waals surface area contributed by atoms with Gasteiger partial charge in [0.15, 0.2) is 0 Å². The second kappa shape index (κ2) is 7.66. The standard InChI is InChI=1S/C11H12Br2INO/c12-5-1-2-6-15-11(16)9-7-8(14)3-4-10(9)13/h3-4,7H,1-2,5-6H2,(H,15,16). The van der Waals surface area contributed by atoms with E-state index in [0.29, 0.717) is 5.56 Å². The fourth-order valence-corrected chi connectivity index (χ4v) is 2.50. The summed E-state index contributed by atoms with van der Waals surface area (Å²) in [6.45, 7) is 0.725. The summed E-state index contributed by atoms with van der Waals surface area (Å²) in [6.07, 6.45) is 2.08. The Morgan fingerprint density at radius 2 is 2.12 bits per heavy atom. The molecule has 1 rings (SSSR count). The van der Waals surface area contributed by atoms with Gasteiger partial charge in [-0.05, 0) is 69.6 Å². The predicted molar refractivity (Wildman–Crippen MR) is 82.2 cm³/mol. The highest BCUT2D eigenvalue weighted by atomic mass is 127. The summed E-state index contributed by atoms with van der Waals surface area (Å²) in [6, 6.07) is 5.74. The monoisotopic (exact) mass is 459 g/mol. The fourth-order valence-electron chi connectivity index (χ4n) is 1.19. The van der Waals surface area contributed by atoms with Crippen LogP contribution in [0, 0.1) is 3.57 Å². The van der Waals surface area contributed by atoms with Crippen molar-refractivity contribution in [3.63, 3.8) is 0 Å². The van der Waals surface area contributed by atoms with Gasteiger partial charge in [0.1, 0.15) is 0 Å². The van der Waals surface area contributed by atoms with Gasteiger partial charge >= 0.3 is 0 Å². The molecule has 2 nitrogen and oxygen atoms in total. The highest BCUT2D eigenvalue weighted by molar-refractivity contribution is 14.1. The zero-order chi connectivity index (χ0) is 12.0. The number of unbranched alkanes of at least 4 members (excludes halogenated alkanes) is 1. The van der Waals surface area contributed by atoms with Crippen LogP contribution in [-0.2, 0) is 0 Å². The van der Waals surface area contributed by atoms with Crippen molar-refractivity contribution in [1.82, 2.24) is 5.32 Å². The molecule has 0 saturated carbocycles. The fraction of sp³-hybridized carbons (Fsp3) is 0.364. The van der Waals surface area contributed by atoms with E-state index < -0.39 is 0 Å². The predicted octanol–water partition coefficient (Wildman–Crippen LogP) is 3.96. The van der Waals surface area contributed by atoms with E-state index in [0.717, 1.165) is 32.8 Å². The maximum absolute atomic E-state index is 11.8. The van der Waals surface area contributed by atoms with E-state index in [1.807, 2.05) is 18.2 Å². The zero-order valence-electron chi connectivity index (χ0n) is 8.60. The van der Waals surface area contributed by atoms with Gasteiger partial charge in [0, 0.05) is 19.9 Å². The summed E-state index contributed by atoms with van der Waals surface area (Å²) in [5, 5.41) is 3.89. The molecule has 0 aromatic heterocycles. The van der Waals surface area contributed by atoms with Gasteiger partial charge in [-0.15, -0.1) is 0 Å². The van der Waals surface area contributed by atoms with E-state index in [2.05, 4.69) is 59.8 Å². The molecule has 0 atom stereocenters. The minimum absolute atomic E-state index is 0.0139. The molecule has 0 aliphatic rings. The van der Waals surface area contributed by atoms with E-state index >= 15 is 0 Å². The van der Waals surface area contributed by atoms with Crippen molar-refractivity contribution in [3.8, 4) is 0 Å². The van der Waals surface area contributed by atoms with E-state index in [-0.39, 0.29) is 5.91 Å². The number of amides is 1. The van der Waals surface area contributed by atoms with Gasteiger partial charge in [0.2, 0.25) is 0 Å². The third-order valence-electron chi connectivity index (χ3n) is 2.02. The number of alkyl halides is 1. The molecule has 0 fully saturated rings. The Kier molecular flexibility index (Phi) is 6.91. The molecule has 5 heteroatoms. The first-order valence-electron chi connectivity index (χ1n) is 4.94. The SMILES string of the molecule is O=C(NCCCCBr)c1cc(I)ccc1Br. The van der Waals surface area contributed by atoms with Crippen LogP contribution in [0.4, 0.5) is 0 Å². The number of carbonyl (C=O) groups is 1. The first-order chi connectivity index (χ1) is 7.65. The summed E-state index contributed by atoms with van der Waals surface area (Å²) >= 11 is 8.94. The Morgan fingerprint density at radius 1 is 1.38 bits per heavy atom. The Morgan fingerprint density at radius 3 is 2.81 bits per heavy atom. The number of halogens is 3. The highest BCUT2D eigenvalue weighted by Crippen LogP contribution is 2.19. The molecule has 16 heavy (non-hydrogen) atoms. The van der Waals surface area contributed by atoms with Crippen molar-refractivity contribution in [1.29, 1.82) is 0 Å². The van der Waals surface area contributed by atoms with E-state index in [1.54, 1.807) is 0 Å². The average molecular weight is 461 g/mol. The van der Waals surface area contributed by atoms with Crippen LogP contribution in [0.5, 0.6) is 0 Å². The number of hydrogen-bond donors (Lipinski definition) is 1. The van der Waals surface area contributed by atoms with Gasteiger partial charge in [0.25, 0.3) is 5.91 Å². The summed E-state index contributed by atoms with van der Waals surface area (Å²) in [7, 11) is 0. The topological polar surface area (TPSA) is 29.1 Å². The molecule has 0 aliphatic heterocycles. The van der Waals surface area contributed by atoms with Gasteiger partial charge in [0.05, 0.1) is 5.56 Å². The smallest absolute Gasteiger partial charge is 0.252 e. The summed E-state index contributed by atoms with van der Waals surface area (Å²) in [5.74, 6) is -0.0139. The van der Waals surface area contributed by atoms with Crippen LogP contribution < -0.4 is 5.32 Å². The third-order valence-corrected chi connectivity index (χ3v) is 3.94. The molecule has 1 aromatic carbocycles. The van der Waals surface area contributed by atoms with Gasteiger partial charge < -0.3 is 5.32 Å². The average Bonchev–Trinajstić information content (AvgIpc) is 2.27. The molecule has 0 bridgehead atoms. The van der Waals surface area contributed by atoms with Gasteiger partial charge in [-0.1, -0.05) is 15.9 Å². The maximum atomic E-state index is 11.8. The maximum Gasteiger partial charge on any atom is 0.252 e. The van der Waals surface area contributed by atoms with Crippen molar-refractivity contribution < 1.29 is 4.79 Å². The normalized spacial score (nSPS) is 10.2. The molecule has 0 heterocycles. The molecule has 0 saturated heterocycles.